The van der Waals surface area contributed by atoms with Gasteiger partial charge in [0, 0.05) is 22.4 Å². The molecular formula is C15H14BrNO3. The van der Waals surface area contributed by atoms with Gasteiger partial charge in [0.1, 0.15) is 12.4 Å². The Morgan fingerprint density at radius 2 is 2.00 bits per heavy atom. The molecule has 2 aromatic rings. The van der Waals surface area contributed by atoms with Gasteiger partial charge in [0.15, 0.2) is 0 Å². The van der Waals surface area contributed by atoms with E-state index < -0.39 is 0 Å². The number of halogens is 1. The van der Waals surface area contributed by atoms with Gasteiger partial charge >= 0.3 is 5.97 Å². The third-order valence-electron chi connectivity index (χ3n) is 2.53. The Balaban J connectivity index is 1.95. The molecule has 0 spiro atoms. The second-order valence-electron chi connectivity index (χ2n) is 4.04. The molecule has 0 saturated heterocycles. The van der Waals surface area contributed by atoms with E-state index in [9.17, 15) is 4.79 Å². The summed E-state index contributed by atoms with van der Waals surface area (Å²) < 4.78 is 11.5. The number of esters is 1. The quantitative estimate of drug-likeness (QED) is 0.783. The monoisotopic (exact) mass is 335 g/mol. The Morgan fingerprint density at radius 1 is 1.25 bits per heavy atom. The van der Waals surface area contributed by atoms with Crippen molar-refractivity contribution in [3.8, 4) is 5.75 Å². The van der Waals surface area contributed by atoms with Gasteiger partial charge < -0.3 is 9.47 Å². The van der Waals surface area contributed by atoms with Crippen LogP contribution < -0.4 is 4.74 Å². The number of hydrogen-bond acceptors (Lipinski definition) is 4. The van der Waals surface area contributed by atoms with Gasteiger partial charge in [-0.3, -0.25) is 4.98 Å². The number of hydrogen-bond donors (Lipinski definition) is 0. The largest absolute Gasteiger partial charge is 0.489 e. The lowest BCUT2D eigenvalue weighted by atomic mass is 10.2. The first-order valence-corrected chi connectivity index (χ1v) is 6.97. The number of pyridine rings is 1. The molecule has 104 valence electrons. The molecule has 0 bridgehead atoms. The molecular weight excluding hydrogens is 322 g/mol. The fraction of sp³-hybridized carbons (Fsp3) is 0.200. The van der Waals surface area contributed by atoms with Gasteiger partial charge in [-0.2, -0.15) is 0 Å². The molecule has 0 aliphatic carbocycles. The molecule has 2 rings (SSSR count). The Hall–Kier alpha value is -1.88. The fourth-order valence-corrected chi connectivity index (χ4v) is 2.02. The van der Waals surface area contributed by atoms with Crippen LogP contribution in [0.15, 0.2) is 47.2 Å². The van der Waals surface area contributed by atoms with Crippen LogP contribution in [0.5, 0.6) is 5.75 Å². The molecule has 0 amide bonds. The fourth-order valence-electron chi connectivity index (χ4n) is 1.60. The molecule has 1 heterocycles. The average Bonchev–Trinajstić information content (AvgIpc) is 2.46. The molecule has 5 heteroatoms. The Morgan fingerprint density at radius 3 is 2.65 bits per heavy atom. The van der Waals surface area contributed by atoms with Crippen LogP contribution in [-0.2, 0) is 11.3 Å². The summed E-state index contributed by atoms with van der Waals surface area (Å²) >= 11 is 3.36. The molecule has 0 saturated carbocycles. The van der Waals surface area contributed by atoms with Crippen molar-refractivity contribution in [1.29, 1.82) is 0 Å². The summed E-state index contributed by atoms with van der Waals surface area (Å²) in [6.45, 7) is 2.57. The SMILES string of the molecule is CCOC(=O)c1ccc(OCc2cncc(Br)c2)cc1. The molecule has 1 aromatic heterocycles. The van der Waals surface area contributed by atoms with Gasteiger partial charge in [-0.25, -0.2) is 4.79 Å². The van der Waals surface area contributed by atoms with Crippen molar-refractivity contribution in [2.24, 2.45) is 0 Å². The van der Waals surface area contributed by atoms with Crippen LogP contribution in [-0.4, -0.2) is 17.6 Å². The maximum atomic E-state index is 11.5. The smallest absolute Gasteiger partial charge is 0.338 e. The van der Waals surface area contributed by atoms with E-state index >= 15 is 0 Å². The van der Waals surface area contributed by atoms with Crippen LogP contribution in [0, 0.1) is 0 Å². The third kappa shape index (κ3) is 4.06. The van der Waals surface area contributed by atoms with Crippen molar-refractivity contribution in [3.05, 3.63) is 58.3 Å². The van der Waals surface area contributed by atoms with E-state index in [4.69, 9.17) is 9.47 Å². The standard InChI is InChI=1S/C15H14BrNO3/c1-2-19-15(18)12-3-5-14(6-4-12)20-10-11-7-13(16)9-17-8-11/h3-9H,2,10H2,1H3. The highest BCUT2D eigenvalue weighted by Gasteiger charge is 2.06. The van der Waals surface area contributed by atoms with E-state index in [1.165, 1.54) is 0 Å². The number of benzene rings is 1. The minimum Gasteiger partial charge on any atom is -0.489 e. The summed E-state index contributed by atoms with van der Waals surface area (Å²) in [7, 11) is 0. The highest BCUT2D eigenvalue weighted by Crippen LogP contribution is 2.16. The first kappa shape index (κ1) is 14.5. The minimum absolute atomic E-state index is 0.324. The van der Waals surface area contributed by atoms with E-state index in [1.807, 2.05) is 6.07 Å². The molecule has 0 unspecified atom stereocenters. The van der Waals surface area contributed by atoms with E-state index in [0.717, 1.165) is 10.0 Å². The van der Waals surface area contributed by atoms with Gasteiger partial charge in [0.25, 0.3) is 0 Å². The number of carbonyl (C=O) groups is 1. The topological polar surface area (TPSA) is 48.4 Å². The van der Waals surface area contributed by atoms with Gasteiger partial charge in [0.2, 0.25) is 0 Å². The predicted molar refractivity (Wildman–Crippen MR) is 78.7 cm³/mol. The van der Waals surface area contributed by atoms with E-state index in [-0.39, 0.29) is 5.97 Å². The second kappa shape index (κ2) is 7.05. The number of rotatable bonds is 5. The first-order valence-electron chi connectivity index (χ1n) is 6.18. The van der Waals surface area contributed by atoms with Crippen molar-refractivity contribution in [3.63, 3.8) is 0 Å². The van der Waals surface area contributed by atoms with Gasteiger partial charge in [0.05, 0.1) is 12.2 Å². The summed E-state index contributed by atoms with van der Waals surface area (Å²) in [5, 5.41) is 0. The van der Waals surface area contributed by atoms with Crippen LogP contribution in [0.3, 0.4) is 0 Å². The maximum absolute atomic E-state index is 11.5. The number of ether oxygens (including phenoxy) is 2. The summed E-state index contributed by atoms with van der Waals surface area (Å²) in [6.07, 6.45) is 3.47. The second-order valence-corrected chi connectivity index (χ2v) is 4.96. The zero-order valence-corrected chi connectivity index (χ0v) is 12.6. The lowest BCUT2D eigenvalue weighted by Crippen LogP contribution is -2.04. The van der Waals surface area contributed by atoms with Crippen LogP contribution in [0.1, 0.15) is 22.8 Å². The summed E-state index contributed by atoms with van der Waals surface area (Å²) in [5.74, 6) is 0.369. The van der Waals surface area contributed by atoms with Crippen molar-refractivity contribution >= 4 is 21.9 Å². The number of aromatic nitrogens is 1. The van der Waals surface area contributed by atoms with E-state index in [1.54, 1.807) is 43.6 Å². The van der Waals surface area contributed by atoms with Gasteiger partial charge in [-0.1, -0.05) is 0 Å². The normalized spacial score (nSPS) is 10.1. The zero-order valence-electron chi connectivity index (χ0n) is 11.0. The Bertz CT molecular complexity index is 584. The average molecular weight is 336 g/mol. The first-order chi connectivity index (χ1) is 9.69. The highest BCUT2D eigenvalue weighted by molar-refractivity contribution is 9.10. The molecule has 1 aromatic carbocycles. The lowest BCUT2D eigenvalue weighted by Gasteiger charge is -2.07. The lowest BCUT2D eigenvalue weighted by molar-refractivity contribution is 0.0526. The van der Waals surface area contributed by atoms with E-state index in [0.29, 0.717) is 24.5 Å². The predicted octanol–water partition coefficient (Wildman–Crippen LogP) is 3.60. The number of nitrogens with zero attached hydrogens (tertiary/aromatic N) is 1. The molecule has 0 aliphatic rings. The number of carbonyl (C=O) groups excluding carboxylic acids is 1. The Labute approximate surface area is 125 Å². The maximum Gasteiger partial charge on any atom is 0.338 e. The van der Waals surface area contributed by atoms with Crippen LogP contribution in [0.25, 0.3) is 0 Å². The summed E-state index contributed by atoms with van der Waals surface area (Å²) in [5.41, 5.74) is 1.48. The zero-order chi connectivity index (χ0) is 14.4. The molecule has 20 heavy (non-hydrogen) atoms. The van der Waals surface area contributed by atoms with Crippen molar-refractivity contribution < 1.29 is 14.3 Å². The molecule has 0 aliphatic heterocycles. The van der Waals surface area contributed by atoms with E-state index in [2.05, 4.69) is 20.9 Å². The van der Waals surface area contributed by atoms with Crippen molar-refractivity contribution in [1.82, 2.24) is 4.98 Å². The van der Waals surface area contributed by atoms with Crippen LogP contribution in [0.2, 0.25) is 0 Å². The van der Waals surface area contributed by atoms with Crippen molar-refractivity contribution in [2.75, 3.05) is 6.61 Å². The van der Waals surface area contributed by atoms with Crippen LogP contribution >= 0.6 is 15.9 Å². The summed E-state index contributed by atoms with van der Waals surface area (Å²) in [4.78, 5) is 15.6. The molecule has 0 radical (unpaired) electrons. The summed E-state index contributed by atoms with van der Waals surface area (Å²) in [6, 6.07) is 8.81. The molecule has 0 fully saturated rings. The molecule has 4 nitrogen and oxygen atoms in total. The molecule has 0 atom stereocenters. The minimum atomic E-state index is -0.324. The van der Waals surface area contributed by atoms with Crippen LogP contribution in [0.4, 0.5) is 0 Å². The van der Waals surface area contributed by atoms with Crippen molar-refractivity contribution in [2.45, 2.75) is 13.5 Å². The van der Waals surface area contributed by atoms with Gasteiger partial charge in [-0.15, -0.1) is 0 Å². The highest BCUT2D eigenvalue weighted by atomic mass is 79.9. The molecule has 0 N–H and O–H groups in total. The third-order valence-corrected chi connectivity index (χ3v) is 2.97. The Kier molecular flexibility index (Phi) is 5.12. The van der Waals surface area contributed by atoms with Gasteiger partial charge in [-0.05, 0) is 53.2 Å².